The molecular weight excluding hydrogens is 605 g/mol. The highest BCUT2D eigenvalue weighted by atomic mass is 35.6. The topological polar surface area (TPSA) is 68.3 Å². The minimum Gasteiger partial charge on any atom is -0.218 e. The Morgan fingerprint density at radius 3 is 1.09 bits per heavy atom. The van der Waals surface area contributed by atoms with Crippen LogP contribution >= 0.6 is 69.6 Å². The van der Waals surface area contributed by atoms with E-state index in [1.54, 1.807) is 60.7 Å². The number of benzene rings is 2. The summed E-state index contributed by atoms with van der Waals surface area (Å²) in [7, 11) is -10.00. The second kappa shape index (κ2) is 11.0. The van der Waals surface area contributed by atoms with Crippen LogP contribution in [0.3, 0.4) is 0 Å². The van der Waals surface area contributed by atoms with Crippen LogP contribution in [-0.2, 0) is 19.7 Å². The van der Waals surface area contributed by atoms with E-state index >= 15 is 0 Å². The summed E-state index contributed by atoms with van der Waals surface area (Å²) in [6, 6.07) is 16.9. The molecule has 2 rings (SSSR count). The quantitative estimate of drug-likeness (QED) is 0.196. The molecular formula is C22H16Cl6O4S2. The third-order valence-corrected chi connectivity index (χ3v) is 11.1. The van der Waals surface area contributed by atoms with Gasteiger partial charge < -0.3 is 0 Å². The van der Waals surface area contributed by atoms with Crippen LogP contribution in [0.15, 0.2) is 81.9 Å². The van der Waals surface area contributed by atoms with Crippen molar-refractivity contribution in [3.8, 4) is 0 Å². The number of rotatable bonds is 5. The highest BCUT2D eigenvalue weighted by molar-refractivity contribution is 8.05. The number of sulfone groups is 2. The van der Waals surface area contributed by atoms with Gasteiger partial charge in [-0.25, -0.2) is 16.8 Å². The molecule has 0 heterocycles. The van der Waals surface area contributed by atoms with Gasteiger partial charge in [0.15, 0.2) is 0 Å². The van der Waals surface area contributed by atoms with Crippen LogP contribution in [-0.4, -0.2) is 23.1 Å². The molecule has 0 unspecified atom stereocenters. The summed E-state index contributed by atoms with van der Waals surface area (Å²) in [6.45, 7) is 2.99. The van der Waals surface area contributed by atoms with E-state index in [-0.39, 0.29) is 11.1 Å². The van der Waals surface area contributed by atoms with Crippen LogP contribution in [0.5, 0.6) is 0 Å². The Hall–Kier alpha value is -0.880. The van der Waals surface area contributed by atoms with Crippen molar-refractivity contribution in [1.29, 1.82) is 0 Å². The minimum atomic E-state index is -5.00. The first-order chi connectivity index (χ1) is 15.5. The van der Waals surface area contributed by atoms with Crippen molar-refractivity contribution in [3.63, 3.8) is 0 Å². The van der Waals surface area contributed by atoms with Crippen LogP contribution in [0.25, 0.3) is 11.1 Å². The Kier molecular flexibility index (Phi) is 9.52. The predicted octanol–water partition coefficient (Wildman–Crippen LogP) is 7.64. The lowest BCUT2D eigenvalue weighted by molar-refractivity contribution is 0.597. The second-order valence-electron chi connectivity index (χ2n) is 6.79. The van der Waals surface area contributed by atoms with Gasteiger partial charge in [0.1, 0.15) is 9.81 Å². The Balaban J connectivity index is 3.18. The van der Waals surface area contributed by atoms with E-state index in [0.717, 1.165) is 0 Å². The summed E-state index contributed by atoms with van der Waals surface area (Å²) in [5.41, 5.74) is 6.55. The van der Waals surface area contributed by atoms with Crippen molar-refractivity contribution in [2.45, 2.75) is 20.1 Å². The van der Waals surface area contributed by atoms with Crippen molar-refractivity contribution in [1.82, 2.24) is 0 Å². The van der Waals surface area contributed by atoms with E-state index in [9.17, 15) is 16.8 Å². The van der Waals surface area contributed by atoms with Crippen molar-refractivity contribution in [2.24, 2.45) is 0 Å². The molecule has 0 fully saturated rings. The Morgan fingerprint density at radius 2 is 0.853 bits per heavy atom. The molecule has 0 atom stereocenters. The molecule has 0 aromatic heterocycles. The number of hydrogen-bond donors (Lipinski definition) is 0. The van der Waals surface area contributed by atoms with Gasteiger partial charge in [0.2, 0.25) is 19.7 Å². The molecule has 0 saturated carbocycles. The van der Waals surface area contributed by atoms with E-state index in [0.29, 0.717) is 11.1 Å². The molecule has 0 spiro atoms. The molecule has 34 heavy (non-hydrogen) atoms. The normalized spacial score (nSPS) is 12.4. The molecule has 0 saturated heterocycles. The lowest BCUT2D eigenvalue weighted by Gasteiger charge is -2.19. The van der Waals surface area contributed by atoms with Crippen LogP contribution in [0, 0.1) is 0 Å². The molecule has 2 aromatic carbocycles. The number of hydrogen-bond acceptors (Lipinski definition) is 4. The molecule has 0 radical (unpaired) electrons. The first-order valence-corrected chi connectivity index (χ1v) is 14.4. The molecule has 4 nitrogen and oxygen atoms in total. The van der Waals surface area contributed by atoms with Crippen molar-refractivity contribution < 1.29 is 16.8 Å². The van der Waals surface area contributed by atoms with Gasteiger partial charge in [-0.1, -0.05) is 142 Å². The molecule has 0 N–H and O–H groups in total. The van der Waals surface area contributed by atoms with Crippen LogP contribution in [0.4, 0.5) is 0 Å². The highest BCUT2D eigenvalue weighted by Crippen LogP contribution is 2.45. The maximum atomic E-state index is 13.3. The monoisotopic (exact) mass is 618 g/mol. The zero-order chi connectivity index (χ0) is 25.9. The molecule has 0 aliphatic heterocycles. The van der Waals surface area contributed by atoms with Gasteiger partial charge in [-0.15, -0.1) is 0 Å². The molecule has 2 aromatic rings. The molecule has 182 valence electrons. The number of halogens is 6. The smallest absolute Gasteiger partial charge is 0.218 e. The predicted molar refractivity (Wildman–Crippen MR) is 144 cm³/mol. The average Bonchev–Trinajstić information content (AvgIpc) is 2.75. The van der Waals surface area contributed by atoms with Crippen LogP contribution < -0.4 is 0 Å². The Morgan fingerprint density at radius 1 is 0.588 bits per heavy atom. The molecule has 0 aliphatic carbocycles. The van der Waals surface area contributed by atoms with Gasteiger partial charge in [0.05, 0.1) is 0 Å². The van der Waals surface area contributed by atoms with E-state index in [1.807, 2.05) is 0 Å². The van der Waals surface area contributed by atoms with Gasteiger partial charge >= 0.3 is 0 Å². The Labute approximate surface area is 228 Å². The van der Waals surface area contributed by atoms with Gasteiger partial charge in [-0.2, -0.15) is 0 Å². The van der Waals surface area contributed by atoms with Gasteiger partial charge in [0.25, 0.3) is 6.25 Å². The highest BCUT2D eigenvalue weighted by Gasteiger charge is 2.50. The third-order valence-electron chi connectivity index (χ3n) is 4.37. The van der Waals surface area contributed by atoms with E-state index in [4.69, 9.17) is 69.6 Å². The van der Waals surface area contributed by atoms with Gasteiger partial charge in [0, 0.05) is 0 Å². The SMILES string of the molecule is CC(=C=C(C(=C=C(C)c1ccccc1)S(=O)(=O)C(Cl)(Cl)Cl)S(=O)(=O)C(Cl)(Cl)Cl)c1ccccc1. The minimum absolute atomic E-state index is 0.213. The van der Waals surface area contributed by atoms with E-state index < -0.39 is 35.7 Å². The summed E-state index contributed by atoms with van der Waals surface area (Å²) >= 11 is 34.5. The standard InChI is InChI=1S/C22H16Cl6O4S2/c1-15(17-9-5-3-6-10-17)13-19(33(29,30)21(23,24)25)20(34(31,32)22(26,27)28)14-16(2)18-11-7-4-8-12-18/h3-12H,1-2H3. The van der Waals surface area contributed by atoms with Crippen molar-refractivity contribution in [3.05, 3.63) is 93.1 Å². The third kappa shape index (κ3) is 6.66. The molecule has 0 amide bonds. The first kappa shape index (κ1) is 29.4. The zero-order valence-corrected chi connectivity index (χ0v) is 23.7. The fourth-order valence-electron chi connectivity index (χ4n) is 2.58. The second-order valence-corrected chi connectivity index (χ2v) is 16.8. The van der Waals surface area contributed by atoms with Gasteiger partial charge in [-0.3, -0.25) is 0 Å². The fraction of sp³-hybridized carbons (Fsp3) is 0.182. The summed E-state index contributed by atoms with van der Waals surface area (Å²) in [5, 5.41) is 0. The summed E-state index contributed by atoms with van der Waals surface area (Å²) < 4.78 is 47.2. The molecule has 12 heteroatoms. The zero-order valence-electron chi connectivity index (χ0n) is 17.5. The van der Waals surface area contributed by atoms with Crippen molar-refractivity contribution >= 4 is 100 Å². The summed E-state index contributed by atoms with van der Waals surface area (Å²) in [6.07, 6.45) is 0. The molecule has 0 bridgehead atoms. The largest absolute Gasteiger partial charge is 0.297 e. The molecule has 0 aliphatic rings. The lowest BCUT2D eigenvalue weighted by Crippen LogP contribution is -2.28. The van der Waals surface area contributed by atoms with Crippen LogP contribution in [0.1, 0.15) is 25.0 Å². The van der Waals surface area contributed by atoms with E-state index in [2.05, 4.69) is 11.5 Å². The average molecular weight is 621 g/mol. The summed E-state index contributed by atoms with van der Waals surface area (Å²) in [4.78, 5) is -2.04. The van der Waals surface area contributed by atoms with Crippen molar-refractivity contribution in [2.75, 3.05) is 0 Å². The maximum Gasteiger partial charge on any atom is 0.297 e. The van der Waals surface area contributed by atoms with Gasteiger partial charge in [-0.05, 0) is 36.1 Å². The van der Waals surface area contributed by atoms with E-state index in [1.165, 1.54) is 13.8 Å². The van der Waals surface area contributed by atoms with Crippen LogP contribution in [0.2, 0.25) is 0 Å². The summed E-state index contributed by atoms with van der Waals surface area (Å²) in [5.74, 6) is 0. The lowest BCUT2D eigenvalue weighted by atomic mass is 10.1. The maximum absolute atomic E-state index is 13.3. The number of alkyl halides is 6. The first-order valence-electron chi connectivity index (χ1n) is 9.19. The Bertz CT molecular complexity index is 1290. The fourth-order valence-corrected chi connectivity index (χ4v) is 6.26.